The Morgan fingerprint density at radius 3 is 2.57 bits per heavy atom. The highest BCUT2D eigenvalue weighted by Gasteiger charge is 2.13. The number of nitrogens with one attached hydrogen (secondary N) is 2. The fourth-order valence-electron chi connectivity index (χ4n) is 2.30. The molecule has 2 aromatic carbocycles. The van der Waals surface area contributed by atoms with E-state index in [0.717, 1.165) is 37.5 Å². The zero-order valence-corrected chi connectivity index (χ0v) is 16.1. The van der Waals surface area contributed by atoms with Crippen LogP contribution >= 0.6 is 12.2 Å². The average molecular weight is 405 g/mol. The molecule has 0 spiro atoms. The molecule has 7 nitrogen and oxygen atoms in total. The lowest BCUT2D eigenvalue weighted by atomic mass is 10.2. The first-order valence-electron chi connectivity index (χ1n) is 8.70. The summed E-state index contributed by atoms with van der Waals surface area (Å²) in [5.41, 5.74) is -0.160. The van der Waals surface area contributed by atoms with Crippen LogP contribution in [0.25, 0.3) is 0 Å². The molecule has 1 amide bonds. The van der Waals surface area contributed by atoms with Crippen LogP contribution in [0, 0.1) is 15.9 Å². The van der Waals surface area contributed by atoms with Crippen molar-refractivity contribution >= 4 is 34.6 Å². The molecule has 0 aliphatic heterocycles. The Hall–Kier alpha value is -3.07. The van der Waals surface area contributed by atoms with Gasteiger partial charge >= 0.3 is 0 Å². The molecule has 0 aromatic heterocycles. The van der Waals surface area contributed by atoms with Crippen LogP contribution in [-0.2, 0) is 0 Å². The summed E-state index contributed by atoms with van der Waals surface area (Å²) in [7, 11) is 0. The molecule has 0 unspecified atom stereocenters. The largest absolute Gasteiger partial charge is 0.494 e. The highest BCUT2D eigenvalue weighted by molar-refractivity contribution is 7.80. The fraction of sp³-hybridized carbons (Fsp3) is 0.263. The van der Waals surface area contributed by atoms with Gasteiger partial charge in [-0.25, -0.2) is 4.39 Å². The Balaban J connectivity index is 1.92. The molecule has 0 aliphatic rings. The van der Waals surface area contributed by atoms with Crippen molar-refractivity contribution in [2.45, 2.75) is 26.2 Å². The summed E-state index contributed by atoms with van der Waals surface area (Å²) >= 11 is 4.98. The van der Waals surface area contributed by atoms with E-state index in [-0.39, 0.29) is 16.5 Å². The number of thiocarbonyl (C=S) groups is 1. The van der Waals surface area contributed by atoms with Gasteiger partial charge in [-0.15, -0.1) is 0 Å². The second-order valence-corrected chi connectivity index (χ2v) is 6.32. The van der Waals surface area contributed by atoms with Gasteiger partial charge in [0.25, 0.3) is 11.6 Å². The standard InChI is InChI=1S/C19H20FN3O4S/c1-2-3-4-11-27-15-8-5-13(6-9-15)18(24)22-19(28)21-17-12-14(23(25)26)7-10-16(17)20/h5-10,12H,2-4,11H2,1H3,(H2,21,22,24,28). The minimum Gasteiger partial charge on any atom is -0.494 e. The van der Waals surface area contributed by atoms with Crippen molar-refractivity contribution in [3.8, 4) is 5.75 Å². The van der Waals surface area contributed by atoms with E-state index < -0.39 is 16.6 Å². The number of carbonyl (C=O) groups is 1. The monoisotopic (exact) mass is 405 g/mol. The maximum Gasteiger partial charge on any atom is 0.271 e. The molecule has 0 radical (unpaired) electrons. The number of hydrogen-bond acceptors (Lipinski definition) is 5. The Bertz CT molecular complexity index is 859. The lowest BCUT2D eigenvalue weighted by Gasteiger charge is -2.11. The number of hydrogen-bond donors (Lipinski definition) is 2. The van der Waals surface area contributed by atoms with Crippen LogP contribution in [0.15, 0.2) is 42.5 Å². The predicted molar refractivity (Wildman–Crippen MR) is 108 cm³/mol. The molecule has 9 heteroatoms. The summed E-state index contributed by atoms with van der Waals surface area (Å²) in [5.74, 6) is -0.570. The second-order valence-electron chi connectivity index (χ2n) is 5.91. The van der Waals surface area contributed by atoms with Crippen molar-refractivity contribution < 1.29 is 18.8 Å². The number of carbonyl (C=O) groups excluding carboxylic acids is 1. The van der Waals surface area contributed by atoms with Gasteiger partial charge < -0.3 is 10.1 Å². The summed E-state index contributed by atoms with van der Waals surface area (Å²) in [6, 6.07) is 9.51. The highest BCUT2D eigenvalue weighted by Crippen LogP contribution is 2.21. The van der Waals surface area contributed by atoms with Crippen molar-refractivity contribution in [1.29, 1.82) is 0 Å². The van der Waals surface area contributed by atoms with Crippen LogP contribution < -0.4 is 15.4 Å². The zero-order valence-electron chi connectivity index (χ0n) is 15.2. The van der Waals surface area contributed by atoms with Crippen molar-refractivity contribution in [2.24, 2.45) is 0 Å². The van der Waals surface area contributed by atoms with Crippen molar-refractivity contribution in [3.63, 3.8) is 0 Å². The van der Waals surface area contributed by atoms with Gasteiger partial charge in [0.05, 0.1) is 17.2 Å². The molecule has 0 bridgehead atoms. The number of nitro benzene ring substituents is 1. The van der Waals surface area contributed by atoms with Crippen molar-refractivity contribution in [2.75, 3.05) is 11.9 Å². The van der Waals surface area contributed by atoms with Gasteiger partial charge in [-0.3, -0.25) is 20.2 Å². The summed E-state index contributed by atoms with van der Waals surface area (Å²) in [6.45, 7) is 2.72. The van der Waals surface area contributed by atoms with Crippen LogP contribution in [0.4, 0.5) is 15.8 Å². The average Bonchev–Trinajstić information content (AvgIpc) is 2.67. The molecular formula is C19H20FN3O4S. The van der Waals surface area contributed by atoms with E-state index in [1.165, 1.54) is 0 Å². The predicted octanol–water partition coefficient (Wildman–Crippen LogP) is 4.43. The van der Waals surface area contributed by atoms with E-state index in [2.05, 4.69) is 17.6 Å². The molecule has 2 N–H and O–H groups in total. The minimum atomic E-state index is -0.730. The SMILES string of the molecule is CCCCCOc1ccc(C(=O)NC(=S)Nc2cc([N+](=O)[O-])ccc2F)cc1. The molecule has 28 heavy (non-hydrogen) atoms. The van der Waals surface area contributed by atoms with E-state index in [1.807, 2.05) is 0 Å². The maximum atomic E-state index is 13.8. The molecule has 0 heterocycles. The van der Waals surface area contributed by atoms with Crippen LogP contribution in [0.5, 0.6) is 5.75 Å². The van der Waals surface area contributed by atoms with Gasteiger partial charge in [0.1, 0.15) is 11.6 Å². The summed E-state index contributed by atoms with van der Waals surface area (Å²) < 4.78 is 19.4. The third-order valence-corrected chi connectivity index (χ3v) is 3.97. The lowest BCUT2D eigenvalue weighted by molar-refractivity contribution is -0.384. The van der Waals surface area contributed by atoms with E-state index in [0.29, 0.717) is 17.9 Å². The number of amides is 1. The Morgan fingerprint density at radius 2 is 1.93 bits per heavy atom. The Labute approximate surface area is 167 Å². The number of nitrogens with zero attached hydrogens (tertiary/aromatic N) is 1. The first-order valence-corrected chi connectivity index (χ1v) is 9.10. The first kappa shape index (κ1) is 21.2. The number of anilines is 1. The third-order valence-electron chi connectivity index (χ3n) is 3.77. The van der Waals surface area contributed by atoms with E-state index >= 15 is 0 Å². The Kier molecular flexibility index (Phi) is 7.82. The quantitative estimate of drug-likeness (QED) is 0.292. The number of non-ortho nitro benzene ring substituents is 1. The number of halogens is 1. The van der Waals surface area contributed by atoms with Gasteiger partial charge in [0.15, 0.2) is 5.11 Å². The van der Waals surface area contributed by atoms with Gasteiger partial charge in [0.2, 0.25) is 0 Å². The third kappa shape index (κ3) is 6.27. The fourth-order valence-corrected chi connectivity index (χ4v) is 2.50. The number of unbranched alkanes of at least 4 members (excludes halogenated alkanes) is 2. The topological polar surface area (TPSA) is 93.5 Å². The van der Waals surface area contributed by atoms with Crippen molar-refractivity contribution in [3.05, 3.63) is 64.0 Å². The smallest absolute Gasteiger partial charge is 0.271 e. The Morgan fingerprint density at radius 1 is 1.21 bits per heavy atom. The summed E-state index contributed by atoms with van der Waals surface area (Å²) in [5, 5.41) is 15.5. The van der Waals surface area contributed by atoms with E-state index in [1.54, 1.807) is 24.3 Å². The number of benzene rings is 2. The minimum absolute atomic E-state index is 0.177. The second kappa shape index (κ2) is 10.3. The molecule has 0 saturated heterocycles. The highest BCUT2D eigenvalue weighted by atomic mass is 32.1. The lowest BCUT2D eigenvalue weighted by Crippen LogP contribution is -2.34. The van der Waals surface area contributed by atoms with Gasteiger partial charge in [0, 0.05) is 17.7 Å². The molecule has 2 rings (SSSR count). The molecule has 0 aliphatic carbocycles. The molecule has 2 aromatic rings. The van der Waals surface area contributed by atoms with Gasteiger partial charge in [-0.05, 0) is 49.0 Å². The summed E-state index contributed by atoms with van der Waals surface area (Å²) in [4.78, 5) is 22.4. The van der Waals surface area contributed by atoms with Crippen LogP contribution in [0.3, 0.4) is 0 Å². The van der Waals surface area contributed by atoms with Crippen LogP contribution in [0.2, 0.25) is 0 Å². The van der Waals surface area contributed by atoms with Crippen LogP contribution in [-0.4, -0.2) is 22.5 Å². The molecule has 0 saturated carbocycles. The maximum absolute atomic E-state index is 13.8. The molecule has 0 atom stereocenters. The van der Waals surface area contributed by atoms with Gasteiger partial charge in [-0.2, -0.15) is 0 Å². The van der Waals surface area contributed by atoms with Crippen LogP contribution in [0.1, 0.15) is 36.5 Å². The van der Waals surface area contributed by atoms with Gasteiger partial charge in [-0.1, -0.05) is 19.8 Å². The van der Waals surface area contributed by atoms with E-state index in [9.17, 15) is 19.3 Å². The van der Waals surface area contributed by atoms with Crippen molar-refractivity contribution in [1.82, 2.24) is 5.32 Å². The normalized spacial score (nSPS) is 10.2. The molecular weight excluding hydrogens is 385 g/mol. The summed E-state index contributed by atoms with van der Waals surface area (Å²) in [6.07, 6.45) is 3.17. The zero-order chi connectivity index (χ0) is 20.5. The first-order chi connectivity index (χ1) is 13.4. The number of rotatable bonds is 8. The number of ether oxygens (including phenoxy) is 1. The van der Waals surface area contributed by atoms with E-state index in [4.69, 9.17) is 17.0 Å². The number of nitro groups is 1. The molecule has 0 fully saturated rings. The molecule has 148 valence electrons.